The smallest absolute Gasteiger partial charge is 0.351 e. The lowest BCUT2D eigenvalue weighted by Gasteiger charge is -2.24. The zero-order valence-electron chi connectivity index (χ0n) is 17.7. The molecule has 0 spiro atoms. The SMILES string of the molecule is CCOC(=O)c1sc(-c2ccccc2)cc1NC(=O)COC(=O)[C@@H]1COc2ccccc2O1. The Morgan fingerprint density at radius 1 is 1.03 bits per heavy atom. The summed E-state index contributed by atoms with van der Waals surface area (Å²) in [7, 11) is 0. The van der Waals surface area contributed by atoms with Crippen LogP contribution in [0.15, 0.2) is 60.7 Å². The average Bonchev–Trinajstić information content (AvgIpc) is 3.26. The van der Waals surface area contributed by atoms with Crippen LogP contribution in [0, 0.1) is 0 Å². The minimum absolute atomic E-state index is 0.0184. The molecule has 0 fully saturated rings. The lowest BCUT2D eigenvalue weighted by atomic mass is 10.2. The van der Waals surface area contributed by atoms with Gasteiger partial charge in [0.15, 0.2) is 18.1 Å². The van der Waals surface area contributed by atoms with Gasteiger partial charge in [-0.2, -0.15) is 0 Å². The van der Waals surface area contributed by atoms with Crippen molar-refractivity contribution in [3.63, 3.8) is 0 Å². The number of nitrogens with one attached hydrogen (secondary N) is 1. The van der Waals surface area contributed by atoms with Gasteiger partial charge in [0.05, 0.1) is 12.3 Å². The molecule has 0 aliphatic carbocycles. The standard InChI is InChI=1S/C24H21NO7S/c1-2-29-24(28)22-16(12-20(33-22)15-8-4-3-5-9-15)25-21(26)14-31-23(27)19-13-30-17-10-6-7-11-18(17)32-19/h3-12,19H,2,13-14H2,1H3,(H,25,26)/t19-/m0/s1. The predicted octanol–water partition coefficient (Wildman–Crippen LogP) is 3.91. The number of hydrogen-bond acceptors (Lipinski definition) is 8. The molecule has 8 nitrogen and oxygen atoms in total. The van der Waals surface area contributed by atoms with Crippen LogP contribution in [0.4, 0.5) is 5.69 Å². The van der Waals surface area contributed by atoms with Crippen LogP contribution in [0.1, 0.15) is 16.6 Å². The summed E-state index contributed by atoms with van der Waals surface area (Å²) < 4.78 is 21.3. The number of benzene rings is 2. The predicted molar refractivity (Wildman–Crippen MR) is 122 cm³/mol. The highest BCUT2D eigenvalue weighted by Crippen LogP contribution is 2.35. The summed E-state index contributed by atoms with van der Waals surface area (Å²) in [6, 6.07) is 18.1. The Bertz CT molecular complexity index is 1160. The lowest BCUT2D eigenvalue weighted by Crippen LogP contribution is -2.39. The summed E-state index contributed by atoms with van der Waals surface area (Å²) in [4.78, 5) is 38.2. The largest absolute Gasteiger partial charge is 0.485 e. The van der Waals surface area contributed by atoms with Crippen molar-refractivity contribution in [3.05, 3.63) is 65.5 Å². The van der Waals surface area contributed by atoms with Crippen LogP contribution in [0.3, 0.4) is 0 Å². The molecule has 170 valence electrons. The Labute approximate surface area is 194 Å². The Morgan fingerprint density at radius 2 is 1.76 bits per heavy atom. The van der Waals surface area contributed by atoms with Crippen molar-refractivity contribution in [2.45, 2.75) is 13.0 Å². The van der Waals surface area contributed by atoms with E-state index in [0.29, 0.717) is 17.2 Å². The van der Waals surface area contributed by atoms with Crippen LogP contribution < -0.4 is 14.8 Å². The quantitative estimate of drug-likeness (QED) is 0.526. The molecule has 1 amide bonds. The van der Waals surface area contributed by atoms with Gasteiger partial charge >= 0.3 is 11.9 Å². The highest BCUT2D eigenvalue weighted by molar-refractivity contribution is 7.18. The number of anilines is 1. The second-order valence-corrected chi connectivity index (χ2v) is 8.01. The Morgan fingerprint density at radius 3 is 2.52 bits per heavy atom. The minimum Gasteiger partial charge on any atom is -0.485 e. The fourth-order valence-electron chi connectivity index (χ4n) is 3.13. The van der Waals surface area contributed by atoms with Crippen LogP contribution >= 0.6 is 11.3 Å². The maximum atomic E-state index is 12.5. The zero-order valence-corrected chi connectivity index (χ0v) is 18.6. The van der Waals surface area contributed by atoms with E-state index in [1.54, 1.807) is 37.3 Å². The van der Waals surface area contributed by atoms with Gasteiger partial charge in [0.1, 0.15) is 11.5 Å². The molecule has 0 bridgehead atoms. The normalized spacial score (nSPS) is 14.3. The first kappa shape index (κ1) is 22.3. The highest BCUT2D eigenvalue weighted by atomic mass is 32.1. The fraction of sp³-hybridized carbons (Fsp3) is 0.208. The van der Waals surface area contributed by atoms with Crippen molar-refractivity contribution in [2.24, 2.45) is 0 Å². The number of carbonyl (C=O) groups excluding carboxylic acids is 3. The van der Waals surface area contributed by atoms with Crippen LogP contribution in [0.25, 0.3) is 10.4 Å². The third-order valence-corrected chi connectivity index (χ3v) is 5.81. The molecule has 1 aromatic heterocycles. The van der Waals surface area contributed by atoms with Crippen molar-refractivity contribution in [3.8, 4) is 21.9 Å². The Hall–Kier alpha value is -3.85. The van der Waals surface area contributed by atoms with Crippen molar-refractivity contribution >= 4 is 34.9 Å². The number of para-hydroxylation sites is 2. The molecule has 3 aromatic rings. The first-order valence-corrected chi connectivity index (χ1v) is 11.1. The second kappa shape index (κ2) is 10.2. The lowest BCUT2D eigenvalue weighted by molar-refractivity contribution is -0.156. The fourth-order valence-corrected chi connectivity index (χ4v) is 4.14. The van der Waals surface area contributed by atoms with Gasteiger partial charge in [0.25, 0.3) is 5.91 Å². The zero-order chi connectivity index (χ0) is 23.2. The molecule has 1 aliphatic rings. The van der Waals surface area contributed by atoms with Gasteiger partial charge in [-0.25, -0.2) is 9.59 Å². The minimum atomic E-state index is -0.978. The van der Waals surface area contributed by atoms with Gasteiger partial charge in [-0.15, -0.1) is 11.3 Å². The summed E-state index contributed by atoms with van der Waals surface area (Å²) >= 11 is 1.21. The molecular formula is C24H21NO7S. The van der Waals surface area contributed by atoms with E-state index in [9.17, 15) is 14.4 Å². The molecule has 9 heteroatoms. The first-order chi connectivity index (χ1) is 16.0. The maximum absolute atomic E-state index is 12.5. The molecular weight excluding hydrogens is 446 g/mol. The number of esters is 2. The molecule has 1 N–H and O–H groups in total. The summed E-state index contributed by atoms with van der Waals surface area (Å²) in [6.45, 7) is 1.35. The molecule has 1 aliphatic heterocycles. The Balaban J connectivity index is 1.40. The molecule has 1 atom stereocenters. The topological polar surface area (TPSA) is 100 Å². The molecule has 2 heterocycles. The Kier molecular flexibility index (Phi) is 6.89. The summed E-state index contributed by atoms with van der Waals surface area (Å²) in [5, 5.41) is 2.64. The van der Waals surface area contributed by atoms with Gasteiger partial charge in [-0.05, 0) is 30.7 Å². The molecule has 4 rings (SSSR count). The first-order valence-electron chi connectivity index (χ1n) is 10.3. The third-order valence-electron chi connectivity index (χ3n) is 4.64. The van der Waals surface area contributed by atoms with E-state index in [0.717, 1.165) is 10.4 Å². The van der Waals surface area contributed by atoms with Gasteiger partial charge in [0, 0.05) is 4.88 Å². The number of rotatable bonds is 7. The van der Waals surface area contributed by atoms with E-state index >= 15 is 0 Å². The number of carbonyl (C=O) groups is 3. The van der Waals surface area contributed by atoms with Gasteiger partial charge < -0.3 is 24.3 Å². The highest BCUT2D eigenvalue weighted by Gasteiger charge is 2.29. The van der Waals surface area contributed by atoms with Crippen molar-refractivity contribution in [1.82, 2.24) is 0 Å². The molecule has 0 saturated heterocycles. The number of thiophene rings is 1. The number of hydrogen-bond donors (Lipinski definition) is 1. The number of amides is 1. The van der Waals surface area contributed by atoms with Crippen LogP contribution in [0.5, 0.6) is 11.5 Å². The van der Waals surface area contributed by atoms with Crippen molar-refractivity contribution in [2.75, 3.05) is 25.1 Å². The average molecular weight is 467 g/mol. The van der Waals surface area contributed by atoms with Gasteiger partial charge in [-0.1, -0.05) is 42.5 Å². The number of fused-ring (bicyclic) bond motifs is 1. The van der Waals surface area contributed by atoms with Gasteiger partial charge in [0.2, 0.25) is 6.10 Å². The monoisotopic (exact) mass is 467 g/mol. The van der Waals surface area contributed by atoms with E-state index in [1.807, 2.05) is 30.3 Å². The van der Waals surface area contributed by atoms with E-state index in [4.69, 9.17) is 18.9 Å². The molecule has 0 unspecified atom stereocenters. The maximum Gasteiger partial charge on any atom is 0.351 e. The number of ether oxygens (including phenoxy) is 4. The van der Waals surface area contributed by atoms with Crippen molar-refractivity contribution in [1.29, 1.82) is 0 Å². The van der Waals surface area contributed by atoms with Crippen LogP contribution in [-0.2, 0) is 19.1 Å². The molecule has 33 heavy (non-hydrogen) atoms. The summed E-state index contributed by atoms with van der Waals surface area (Å²) in [5.41, 5.74) is 1.19. The molecule has 0 saturated carbocycles. The van der Waals surface area contributed by atoms with Crippen molar-refractivity contribution < 1.29 is 33.3 Å². The summed E-state index contributed by atoms with van der Waals surface area (Å²) in [6.07, 6.45) is -0.978. The van der Waals surface area contributed by atoms with E-state index in [1.165, 1.54) is 11.3 Å². The molecule has 2 aromatic carbocycles. The van der Waals surface area contributed by atoms with Crippen LogP contribution in [-0.4, -0.2) is 43.8 Å². The van der Waals surface area contributed by atoms with E-state index < -0.39 is 30.6 Å². The summed E-state index contributed by atoms with van der Waals surface area (Å²) in [5.74, 6) is -0.884. The van der Waals surface area contributed by atoms with E-state index in [2.05, 4.69) is 5.32 Å². The second-order valence-electron chi connectivity index (χ2n) is 6.96. The van der Waals surface area contributed by atoms with E-state index in [-0.39, 0.29) is 18.1 Å². The third kappa shape index (κ3) is 5.32. The van der Waals surface area contributed by atoms with Gasteiger partial charge in [-0.3, -0.25) is 4.79 Å². The van der Waals surface area contributed by atoms with Crippen LogP contribution in [0.2, 0.25) is 0 Å². The molecule has 0 radical (unpaired) electrons.